The maximum absolute atomic E-state index is 13.0. The number of likely N-dealkylation sites (tertiary alicyclic amines) is 1. The lowest BCUT2D eigenvalue weighted by Gasteiger charge is -2.27. The quantitative estimate of drug-likeness (QED) is 0.508. The largest absolute Gasteiger partial charge is 0.339 e. The Hall–Kier alpha value is -3.65. The van der Waals surface area contributed by atoms with E-state index >= 15 is 0 Å². The zero-order valence-electron chi connectivity index (χ0n) is 19.9. The van der Waals surface area contributed by atoms with Crippen LogP contribution in [0, 0.1) is 13.8 Å². The average Bonchev–Trinajstić information content (AvgIpc) is 2.86. The van der Waals surface area contributed by atoms with Gasteiger partial charge in [-0.05, 0) is 81.1 Å². The predicted molar refractivity (Wildman–Crippen MR) is 137 cm³/mol. The number of hydrogen-bond acceptors (Lipinski definition) is 4. The highest BCUT2D eigenvalue weighted by Crippen LogP contribution is 2.24. The third-order valence-corrected chi connectivity index (χ3v) is 7.49. The first-order valence-electron chi connectivity index (χ1n) is 11.6. The van der Waals surface area contributed by atoms with Crippen LogP contribution in [0.3, 0.4) is 0 Å². The molecule has 35 heavy (non-hydrogen) atoms. The van der Waals surface area contributed by atoms with Crippen LogP contribution >= 0.6 is 0 Å². The minimum Gasteiger partial charge on any atom is -0.339 e. The van der Waals surface area contributed by atoms with Gasteiger partial charge in [0.1, 0.15) is 0 Å². The van der Waals surface area contributed by atoms with Gasteiger partial charge in [-0.2, -0.15) is 0 Å². The Morgan fingerprint density at radius 2 is 1.51 bits per heavy atom. The normalized spacial score (nSPS) is 13.8. The number of piperidine rings is 1. The monoisotopic (exact) mass is 491 g/mol. The molecule has 0 aliphatic carbocycles. The molecule has 0 bridgehead atoms. The number of benzene rings is 3. The second-order valence-corrected chi connectivity index (χ2v) is 10.5. The molecule has 2 amide bonds. The van der Waals surface area contributed by atoms with E-state index in [-0.39, 0.29) is 16.7 Å². The summed E-state index contributed by atoms with van der Waals surface area (Å²) in [5.41, 5.74) is 3.24. The van der Waals surface area contributed by atoms with Gasteiger partial charge in [0.2, 0.25) is 0 Å². The molecule has 1 aliphatic rings. The summed E-state index contributed by atoms with van der Waals surface area (Å²) in [4.78, 5) is 28.0. The first-order chi connectivity index (χ1) is 16.7. The van der Waals surface area contributed by atoms with E-state index in [1.54, 1.807) is 73.7 Å². The van der Waals surface area contributed by atoms with Gasteiger partial charge in [0.25, 0.3) is 21.8 Å². The standard InChI is InChI=1S/C27H29N3O4S/c1-19-10-13-22(14-11-19)35(33,34)29-24-15-12-21(18-20(24)2)26(31)28-25-9-5-4-8-23(25)27(32)30-16-6-3-7-17-30/h4-5,8-15,18,29H,3,6-7,16-17H2,1-2H3,(H,28,31). The van der Waals surface area contributed by atoms with Crippen molar-refractivity contribution in [2.45, 2.75) is 38.0 Å². The molecule has 4 rings (SSSR count). The Bertz CT molecular complexity index is 1350. The molecule has 1 saturated heterocycles. The predicted octanol–water partition coefficient (Wildman–Crippen LogP) is 4.98. The van der Waals surface area contributed by atoms with E-state index in [4.69, 9.17) is 0 Å². The maximum atomic E-state index is 13.0. The molecule has 0 aromatic heterocycles. The lowest BCUT2D eigenvalue weighted by atomic mass is 10.1. The summed E-state index contributed by atoms with van der Waals surface area (Å²) in [6.45, 7) is 5.07. The van der Waals surface area contributed by atoms with Gasteiger partial charge in [-0.1, -0.05) is 29.8 Å². The first kappa shape index (κ1) is 24.5. The number of rotatable bonds is 6. The summed E-state index contributed by atoms with van der Waals surface area (Å²) in [5, 5.41) is 2.85. The van der Waals surface area contributed by atoms with Crippen LogP contribution in [-0.4, -0.2) is 38.2 Å². The van der Waals surface area contributed by atoms with Crippen molar-refractivity contribution in [2.75, 3.05) is 23.1 Å². The number of carbonyl (C=O) groups is 2. The summed E-state index contributed by atoms with van der Waals surface area (Å²) >= 11 is 0. The van der Waals surface area contributed by atoms with Crippen LogP contribution in [0.15, 0.2) is 71.6 Å². The zero-order chi connectivity index (χ0) is 25.0. The van der Waals surface area contributed by atoms with Crippen LogP contribution in [0.4, 0.5) is 11.4 Å². The molecular weight excluding hydrogens is 462 g/mol. The van der Waals surface area contributed by atoms with E-state index in [1.165, 1.54) is 0 Å². The molecule has 7 nitrogen and oxygen atoms in total. The van der Waals surface area contributed by atoms with Crippen LogP contribution < -0.4 is 10.0 Å². The smallest absolute Gasteiger partial charge is 0.261 e. The Morgan fingerprint density at radius 1 is 0.829 bits per heavy atom. The third kappa shape index (κ3) is 5.71. The second kappa shape index (κ2) is 10.3. The molecule has 3 aromatic rings. The summed E-state index contributed by atoms with van der Waals surface area (Å²) < 4.78 is 28.0. The second-order valence-electron chi connectivity index (χ2n) is 8.80. The molecule has 0 radical (unpaired) electrons. The topological polar surface area (TPSA) is 95.6 Å². The number of carbonyl (C=O) groups excluding carboxylic acids is 2. The van der Waals surface area contributed by atoms with Crippen molar-refractivity contribution in [1.82, 2.24) is 4.90 Å². The number of nitrogens with one attached hydrogen (secondary N) is 2. The summed E-state index contributed by atoms with van der Waals surface area (Å²) in [6.07, 6.45) is 3.10. The molecule has 3 aromatic carbocycles. The Morgan fingerprint density at radius 3 is 2.20 bits per heavy atom. The number of amides is 2. The van der Waals surface area contributed by atoms with Crippen molar-refractivity contribution >= 4 is 33.2 Å². The molecule has 1 heterocycles. The van der Waals surface area contributed by atoms with Crippen molar-refractivity contribution in [3.8, 4) is 0 Å². The van der Waals surface area contributed by atoms with Gasteiger partial charge in [-0.3, -0.25) is 14.3 Å². The molecule has 0 spiro atoms. The number of anilines is 2. The van der Waals surface area contributed by atoms with E-state index in [9.17, 15) is 18.0 Å². The van der Waals surface area contributed by atoms with Crippen LogP contribution in [0.1, 0.15) is 51.1 Å². The lowest BCUT2D eigenvalue weighted by molar-refractivity contribution is 0.0725. The number of para-hydroxylation sites is 1. The van der Waals surface area contributed by atoms with E-state index in [0.717, 1.165) is 37.9 Å². The third-order valence-electron chi connectivity index (χ3n) is 6.11. The molecular formula is C27H29N3O4S. The lowest BCUT2D eigenvalue weighted by Crippen LogP contribution is -2.36. The minimum atomic E-state index is -3.75. The Kier molecular flexibility index (Phi) is 7.21. The van der Waals surface area contributed by atoms with Crippen molar-refractivity contribution in [1.29, 1.82) is 0 Å². The first-order valence-corrected chi connectivity index (χ1v) is 13.1. The summed E-state index contributed by atoms with van der Waals surface area (Å²) in [6, 6.07) is 18.3. The molecule has 1 aliphatic heterocycles. The van der Waals surface area contributed by atoms with E-state index in [1.807, 2.05) is 11.8 Å². The fourth-order valence-electron chi connectivity index (χ4n) is 4.08. The fraction of sp³-hybridized carbons (Fsp3) is 0.259. The average molecular weight is 492 g/mol. The molecule has 0 saturated carbocycles. The fourth-order valence-corrected chi connectivity index (χ4v) is 5.21. The van der Waals surface area contributed by atoms with Gasteiger partial charge >= 0.3 is 0 Å². The highest BCUT2D eigenvalue weighted by Gasteiger charge is 2.22. The van der Waals surface area contributed by atoms with Crippen LogP contribution in [0.25, 0.3) is 0 Å². The molecule has 0 unspecified atom stereocenters. The molecule has 0 atom stereocenters. The van der Waals surface area contributed by atoms with E-state index in [0.29, 0.717) is 28.1 Å². The highest BCUT2D eigenvalue weighted by molar-refractivity contribution is 7.92. The SMILES string of the molecule is Cc1ccc(S(=O)(=O)Nc2ccc(C(=O)Nc3ccccc3C(=O)N3CCCCC3)cc2C)cc1. The molecule has 182 valence electrons. The number of nitrogens with zero attached hydrogens (tertiary/aromatic N) is 1. The summed E-state index contributed by atoms with van der Waals surface area (Å²) in [7, 11) is -3.75. The number of aryl methyl sites for hydroxylation is 2. The van der Waals surface area contributed by atoms with Gasteiger partial charge in [0.15, 0.2) is 0 Å². The van der Waals surface area contributed by atoms with Gasteiger partial charge < -0.3 is 10.2 Å². The molecule has 8 heteroatoms. The highest BCUT2D eigenvalue weighted by atomic mass is 32.2. The van der Waals surface area contributed by atoms with Crippen molar-refractivity contribution in [2.24, 2.45) is 0 Å². The number of hydrogen-bond donors (Lipinski definition) is 2. The van der Waals surface area contributed by atoms with Crippen molar-refractivity contribution in [3.63, 3.8) is 0 Å². The Balaban J connectivity index is 1.50. The van der Waals surface area contributed by atoms with Crippen molar-refractivity contribution in [3.05, 3.63) is 89.0 Å². The zero-order valence-corrected chi connectivity index (χ0v) is 20.7. The molecule has 1 fully saturated rings. The van der Waals surface area contributed by atoms with Crippen molar-refractivity contribution < 1.29 is 18.0 Å². The van der Waals surface area contributed by atoms with Crippen LogP contribution in [-0.2, 0) is 10.0 Å². The summed E-state index contributed by atoms with van der Waals surface area (Å²) in [5.74, 6) is -0.461. The van der Waals surface area contributed by atoms with Gasteiger partial charge in [0, 0.05) is 18.7 Å². The number of sulfonamides is 1. The van der Waals surface area contributed by atoms with E-state index in [2.05, 4.69) is 10.0 Å². The van der Waals surface area contributed by atoms with E-state index < -0.39 is 10.0 Å². The van der Waals surface area contributed by atoms with Crippen LogP contribution in [0.2, 0.25) is 0 Å². The van der Waals surface area contributed by atoms with Gasteiger partial charge in [0.05, 0.1) is 21.8 Å². The maximum Gasteiger partial charge on any atom is 0.261 e. The van der Waals surface area contributed by atoms with Crippen LogP contribution in [0.5, 0.6) is 0 Å². The Labute approximate surface area is 206 Å². The van der Waals surface area contributed by atoms with Gasteiger partial charge in [-0.15, -0.1) is 0 Å². The molecule has 2 N–H and O–H groups in total. The van der Waals surface area contributed by atoms with Gasteiger partial charge in [-0.25, -0.2) is 8.42 Å². The minimum absolute atomic E-state index is 0.0855.